The summed E-state index contributed by atoms with van der Waals surface area (Å²) in [6.07, 6.45) is 3.57. The van der Waals surface area contributed by atoms with Gasteiger partial charge in [-0.25, -0.2) is 4.98 Å². The fourth-order valence-corrected chi connectivity index (χ4v) is 2.66. The number of nitrogens with zero attached hydrogens (tertiary/aromatic N) is 2. The smallest absolute Gasteiger partial charge is 0.219 e. The van der Waals surface area contributed by atoms with E-state index in [1.54, 1.807) is 13.2 Å². The summed E-state index contributed by atoms with van der Waals surface area (Å²) < 4.78 is 5.64. The molecule has 0 bridgehead atoms. The maximum atomic E-state index is 11.3. The Bertz CT molecular complexity index is 584. The van der Waals surface area contributed by atoms with Crippen LogP contribution in [0.5, 0.6) is 0 Å². The molecule has 20 heavy (non-hydrogen) atoms. The Morgan fingerprint density at radius 3 is 2.60 bits per heavy atom. The van der Waals surface area contributed by atoms with Crippen LogP contribution in [0.25, 0.3) is 11.3 Å². The predicted molar refractivity (Wildman–Crippen MR) is 76.2 cm³/mol. The van der Waals surface area contributed by atoms with Crippen molar-refractivity contribution in [2.24, 2.45) is 0 Å². The molecule has 0 unspecified atom stereocenters. The van der Waals surface area contributed by atoms with Crippen LogP contribution in [-0.2, 0) is 4.79 Å². The first-order chi connectivity index (χ1) is 9.74. The summed E-state index contributed by atoms with van der Waals surface area (Å²) in [7, 11) is 0. The molecule has 1 aromatic carbocycles. The highest BCUT2D eigenvalue weighted by Gasteiger charge is 2.25. The summed E-state index contributed by atoms with van der Waals surface area (Å²) in [6.45, 7) is 3.21. The van der Waals surface area contributed by atoms with Gasteiger partial charge in [-0.1, -0.05) is 30.3 Å². The van der Waals surface area contributed by atoms with E-state index >= 15 is 0 Å². The number of likely N-dealkylation sites (tertiary alicyclic amines) is 1. The Balaban J connectivity index is 1.71. The SMILES string of the molecule is CC(=O)N1CCC(c2nc(-c3ccccc3)co2)CC1. The van der Waals surface area contributed by atoms with E-state index in [0.717, 1.165) is 43.1 Å². The molecule has 0 atom stereocenters. The van der Waals surface area contributed by atoms with Gasteiger partial charge in [-0.05, 0) is 12.8 Å². The minimum absolute atomic E-state index is 0.154. The van der Waals surface area contributed by atoms with Crippen molar-refractivity contribution in [2.75, 3.05) is 13.1 Å². The molecule has 1 fully saturated rings. The predicted octanol–water partition coefficient (Wildman–Crippen LogP) is 3.07. The second-order valence-electron chi connectivity index (χ2n) is 5.22. The van der Waals surface area contributed by atoms with Gasteiger partial charge in [-0.15, -0.1) is 0 Å². The lowest BCUT2D eigenvalue weighted by molar-refractivity contribution is -0.129. The first-order valence-electron chi connectivity index (χ1n) is 7.00. The minimum atomic E-state index is 0.154. The molecule has 2 heterocycles. The number of hydrogen-bond acceptors (Lipinski definition) is 3. The van der Waals surface area contributed by atoms with Crippen LogP contribution in [0.2, 0.25) is 0 Å². The molecule has 104 valence electrons. The number of aromatic nitrogens is 1. The highest BCUT2D eigenvalue weighted by molar-refractivity contribution is 5.73. The number of oxazole rings is 1. The molecule has 1 aliphatic heterocycles. The number of hydrogen-bond donors (Lipinski definition) is 0. The van der Waals surface area contributed by atoms with E-state index in [2.05, 4.69) is 4.98 Å². The quantitative estimate of drug-likeness (QED) is 0.842. The fraction of sp³-hybridized carbons (Fsp3) is 0.375. The third-order valence-corrected chi connectivity index (χ3v) is 3.88. The number of carbonyl (C=O) groups excluding carboxylic acids is 1. The van der Waals surface area contributed by atoms with Gasteiger partial charge in [0.15, 0.2) is 5.89 Å². The molecule has 0 N–H and O–H groups in total. The van der Waals surface area contributed by atoms with E-state index < -0.39 is 0 Å². The van der Waals surface area contributed by atoms with Gasteiger partial charge in [0.25, 0.3) is 0 Å². The molecule has 1 aliphatic rings. The highest BCUT2D eigenvalue weighted by atomic mass is 16.3. The van der Waals surface area contributed by atoms with Gasteiger partial charge in [0.05, 0.1) is 0 Å². The van der Waals surface area contributed by atoms with Crippen molar-refractivity contribution < 1.29 is 9.21 Å². The largest absolute Gasteiger partial charge is 0.448 e. The van der Waals surface area contributed by atoms with E-state index in [9.17, 15) is 4.79 Å². The van der Waals surface area contributed by atoms with Gasteiger partial charge in [-0.2, -0.15) is 0 Å². The number of amides is 1. The van der Waals surface area contributed by atoms with E-state index in [4.69, 9.17) is 4.42 Å². The summed E-state index contributed by atoms with van der Waals surface area (Å²) in [5, 5.41) is 0. The average molecular weight is 270 g/mol. The Morgan fingerprint density at radius 2 is 1.95 bits per heavy atom. The van der Waals surface area contributed by atoms with Gasteiger partial charge >= 0.3 is 0 Å². The van der Waals surface area contributed by atoms with Gasteiger partial charge in [0.2, 0.25) is 5.91 Å². The van der Waals surface area contributed by atoms with Crippen LogP contribution >= 0.6 is 0 Å². The molecule has 3 rings (SSSR count). The zero-order valence-corrected chi connectivity index (χ0v) is 11.6. The molecule has 1 saturated heterocycles. The lowest BCUT2D eigenvalue weighted by Gasteiger charge is -2.29. The molecule has 0 saturated carbocycles. The molecule has 4 heteroatoms. The molecule has 0 radical (unpaired) electrons. The monoisotopic (exact) mass is 270 g/mol. The lowest BCUT2D eigenvalue weighted by atomic mass is 9.97. The molecule has 4 nitrogen and oxygen atoms in total. The maximum absolute atomic E-state index is 11.3. The normalized spacial score (nSPS) is 16.4. The van der Waals surface area contributed by atoms with Crippen molar-refractivity contribution >= 4 is 5.91 Å². The van der Waals surface area contributed by atoms with Gasteiger partial charge in [0.1, 0.15) is 12.0 Å². The Kier molecular flexibility index (Phi) is 3.54. The van der Waals surface area contributed by atoms with Crippen LogP contribution in [0.4, 0.5) is 0 Å². The van der Waals surface area contributed by atoms with Crippen LogP contribution in [0.15, 0.2) is 41.0 Å². The average Bonchev–Trinajstić information content (AvgIpc) is 2.98. The highest BCUT2D eigenvalue weighted by Crippen LogP contribution is 2.29. The first-order valence-corrected chi connectivity index (χ1v) is 7.00. The third-order valence-electron chi connectivity index (χ3n) is 3.88. The van der Waals surface area contributed by atoms with Crippen molar-refractivity contribution in [3.05, 3.63) is 42.5 Å². The van der Waals surface area contributed by atoms with Crippen molar-refractivity contribution in [2.45, 2.75) is 25.7 Å². The van der Waals surface area contributed by atoms with Crippen molar-refractivity contribution in [1.82, 2.24) is 9.88 Å². The number of rotatable bonds is 2. The zero-order chi connectivity index (χ0) is 13.9. The Labute approximate surface area is 118 Å². The van der Waals surface area contributed by atoms with Crippen LogP contribution in [0.3, 0.4) is 0 Å². The molecular weight excluding hydrogens is 252 g/mol. The van der Waals surface area contributed by atoms with Crippen molar-refractivity contribution in [1.29, 1.82) is 0 Å². The molecule has 0 aliphatic carbocycles. The fourth-order valence-electron chi connectivity index (χ4n) is 2.66. The Morgan fingerprint density at radius 1 is 1.25 bits per heavy atom. The van der Waals surface area contributed by atoms with Crippen LogP contribution in [0, 0.1) is 0 Å². The third kappa shape index (κ3) is 2.59. The van der Waals surface area contributed by atoms with E-state index in [1.807, 2.05) is 35.2 Å². The number of benzene rings is 1. The van der Waals surface area contributed by atoms with Crippen molar-refractivity contribution in [3.8, 4) is 11.3 Å². The summed E-state index contributed by atoms with van der Waals surface area (Å²) in [5.41, 5.74) is 1.96. The first kappa shape index (κ1) is 12.9. The summed E-state index contributed by atoms with van der Waals surface area (Å²) in [4.78, 5) is 17.8. The van der Waals surface area contributed by atoms with Crippen LogP contribution in [0.1, 0.15) is 31.6 Å². The standard InChI is InChI=1S/C16H18N2O2/c1-12(19)18-9-7-14(8-10-18)16-17-15(11-20-16)13-5-3-2-4-6-13/h2-6,11,14H,7-10H2,1H3. The van der Waals surface area contributed by atoms with Gasteiger partial charge in [-0.3, -0.25) is 4.79 Å². The molecule has 0 spiro atoms. The second kappa shape index (κ2) is 5.49. The molecule has 1 amide bonds. The van der Waals surface area contributed by atoms with E-state index in [-0.39, 0.29) is 5.91 Å². The maximum Gasteiger partial charge on any atom is 0.219 e. The summed E-state index contributed by atoms with van der Waals surface area (Å²) in [5.74, 6) is 1.27. The molecule has 1 aromatic heterocycles. The topological polar surface area (TPSA) is 46.3 Å². The number of carbonyl (C=O) groups is 1. The second-order valence-corrected chi connectivity index (χ2v) is 5.22. The molecular formula is C16H18N2O2. The minimum Gasteiger partial charge on any atom is -0.448 e. The van der Waals surface area contributed by atoms with Gasteiger partial charge in [0, 0.05) is 31.5 Å². The summed E-state index contributed by atoms with van der Waals surface area (Å²) in [6, 6.07) is 10.0. The van der Waals surface area contributed by atoms with Crippen LogP contribution in [-0.4, -0.2) is 28.9 Å². The van der Waals surface area contributed by atoms with Crippen molar-refractivity contribution in [3.63, 3.8) is 0 Å². The Hall–Kier alpha value is -2.10. The zero-order valence-electron chi connectivity index (χ0n) is 11.6. The molecule has 2 aromatic rings. The van der Waals surface area contributed by atoms with Crippen LogP contribution < -0.4 is 0 Å². The lowest BCUT2D eigenvalue weighted by Crippen LogP contribution is -2.36. The van der Waals surface area contributed by atoms with E-state index in [1.165, 1.54) is 0 Å². The summed E-state index contributed by atoms with van der Waals surface area (Å²) >= 11 is 0. The number of piperidine rings is 1. The van der Waals surface area contributed by atoms with Gasteiger partial charge < -0.3 is 9.32 Å². The van der Waals surface area contributed by atoms with E-state index in [0.29, 0.717) is 5.92 Å².